The van der Waals surface area contributed by atoms with Gasteiger partial charge in [-0.15, -0.1) is 10.2 Å². The zero-order valence-corrected chi connectivity index (χ0v) is 14.6. The zero-order valence-electron chi connectivity index (χ0n) is 14.6. The van der Waals surface area contributed by atoms with Gasteiger partial charge in [0.05, 0.1) is 11.7 Å². The largest absolute Gasteiger partial charge is 0.322 e. The molecule has 0 fully saturated rings. The van der Waals surface area contributed by atoms with Crippen LogP contribution in [0, 0.1) is 11.7 Å². The van der Waals surface area contributed by atoms with E-state index in [0.717, 1.165) is 37.2 Å². The highest BCUT2D eigenvalue weighted by Gasteiger charge is 2.20. The number of rotatable bonds is 4. The molecule has 0 saturated heterocycles. The molecule has 1 aliphatic heterocycles. The van der Waals surface area contributed by atoms with E-state index in [-0.39, 0.29) is 11.6 Å². The molecule has 134 valence electrons. The lowest BCUT2D eigenvalue weighted by Gasteiger charge is -2.16. The zero-order chi connectivity index (χ0) is 18.0. The van der Waals surface area contributed by atoms with Crippen LogP contribution in [0.1, 0.15) is 38.9 Å². The predicted molar refractivity (Wildman–Crippen MR) is 94.4 cm³/mol. The van der Waals surface area contributed by atoms with E-state index in [1.807, 2.05) is 13.8 Å². The number of hydrogen-bond donors (Lipinski definition) is 2. The highest BCUT2D eigenvalue weighted by atomic mass is 19.1. The highest BCUT2D eigenvalue weighted by Crippen LogP contribution is 2.26. The van der Waals surface area contributed by atoms with Crippen molar-refractivity contribution < 1.29 is 9.18 Å². The fraction of sp³-hybridized carbons (Fsp3) is 0.500. The highest BCUT2D eigenvalue weighted by molar-refractivity contribution is 5.95. The molecule has 1 aromatic carbocycles. The number of carbonyl (C=O) groups excluding carboxylic acids is 1. The van der Waals surface area contributed by atoms with Crippen LogP contribution < -0.4 is 11.1 Å². The molecule has 2 heterocycles. The molecule has 1 atom stereocenters. The van der Waals surface area contributed by atoms with E-state index in [1.54, 1.807) is 12.1 Å². The second kappa shape index (κ2) is 7.31. The summed E-state index contributed by atoms with van der Waals surface area (Å²) < 4.78 is 16.2. The Balaban J connectivity index is 1.90. The molecule has 2 aromatic rings. The third-order valence-corrected chi connectivity index (χ3v) is 4.61. The molecule has 1 aromatic heterocycles. The maximum absolute atomic E-state index is 14.1. The van der Waals surface area contributed by atoms with Gasteiger partial charge in [0, 0.05) is 18.5 Å². The lowest BCUT2D eigenvalue weighted by atomic mass is 10.0. The molecule has 1 aliphatic rings. The van der Waals surface area contributed by atoms with Gasteiger partial charge < -0.3 is 15.6 Å². The maximum atomic E-state index is 14.1. The van der Waals surface area contributed by atoms with Gasteiger partial charge in [-0.25, -0.2) is 4.39 Å². The Morgan fingerprint density at radius 1 is 1.28 bits per heavy atom. The van der Waals surface area contributed by atoms with E-state index in [0.29, 0.717) is 5.82 Å². The van der Waals surface area contributed by atoms with Crippen LogP contribution >= 0.6 is 0 Å². The number of aryl methyl sites for hydroxylation is 1. The van der Waals surface area contributed by atoms with Crippen LogP contribution in [0.3, 0.4) is 0 Å². The molecule has 0 aliphatic carbocycles. The van der Waals surface area contributed by atoms with E-state index >= 15 is 0 Å². The van der Waals surface area contributed by atoms with Gasteiger partial charge in [0.15, 0.2) is 5.82 Å². The van der Waals surface area contributed by atoms with E-state index in [1.165, 1.54) is 12.5 Å². The number of amides is 1. The van der Waals surface area contributed by atoms with Crippen LogP contribution in [0.4, 0.5) is 10.1 Å². The summed E-state index contributed by atoms with van der Waals surface area (Å²) in [6.45, 7) is 4.56. The van der Waals surface area contributed by atoms with Crippen LogP contribution in [0.2, 0.25) is 0 Å². The quantitative estimate of drug-likeness (QED) is 0.892. The summed E-state index contributed by atoms with van der Waals surface area (Å²) in [6.07, 6.45) is 4.25. The Kier molecular flexibility index (Phi) is 5.13. The Morgan fingerprint density at radius 3 is 2.84 bits per heavy atom. The Morgan fingerprint density at radius 2 is 2.08 bits per heavy atom. The first-order valence-electron chi connectivity index (χ1n) is 8.76. The molecule has 0 bridgehead atoms. The summed E-state index contributed by atoms with van der Waals surface area (Å²) in [4.78, 5) is 12.1. The number of benzene rings is 1. The minimum absolute atomic E-state index is 0.0292. The van der Waals surface area contributed by atoms with E-state index in [9.17, 15) is 9.18 Å². The monoisotopic (exact) mass is 345 g/mol. The second-order valence-electron chi connectivity index (χ2n) is 6.86. The molecule has 3 N–H and O–H groups in total. The molecule has 3 rings (SSSR count). The molecule has 1 amide bonds. The molecule has 7 heteroatoms. The van der Waals surface area contributed by atoms with Crippen LogP contribution in [0.25, 0.3) is 11.4 Å². The van der Waals surface area contributed by atoms with Crippen molar-refractivity contribution in [2.75, 3.05) is 5.32 Å². The second-order valence-corrected chi connectivity index (χ2v) is 6.86. The Bertz CT molecular complexity index is 771. The molecule has 6 nitrogen and oxygen atoms in total. The number of aromatic nitrogens is 3. The maximum Gasteiger partial charge on any atom is 0.241 e. The van der Waals surface area contributed by atoms with Gasteiger partial charge in [-0.2, -0.15) is 0 Å². The average molecular weight is 345 g/mol. The Hall–Kier alpha value is -2.28. The van der Waals surface area contributed by atoms with Gasteiger partial charge in [0.2, 0.25) is 5.91 Å². The summed E-state index contributed by atoms with van der Waals surface area (Å²) in [5.41, 5.74) is 6.69. The van der Waals surface area contributed by atoms with Gasteiger partial charge in [-0.3, -0.25) is 4.79 Å². The number of carbonyl (C=O) groups is 1. The van der Waals surface area contributed by atoms with Crippen LogP contribution in [0.5, 0.6) is 0 Å². The molecule has 0 saturated carbocycles. The molecule has 25 heavy (non-hydrogen) atoms. The number of fused-ring (bicyclic) bond motifs is 1. The van der Waals surface area contributed by atoms with Crippen molar-refractivity contribution in [2.45, 2.75) is 52.1 Å². The first-order chi connectivity index (χ1) is 12.0. The van der Waals surface area contributed by atoms with Crippen molar-refractivity contribution in [2.24, 2.45) is 11.7 Å². The van der Waals surface area contributed by atoms with Crippen molar-refractivity contribution in [3.63, 3.8) is 0 Å². The first kappa shape index (κ1) is 17.5. The number of nitrogens with zero attached hydrogens (tertiary/aromatic N) is 3. The van der Waals surface area contributed by atoms with Gasteiger partial charge in [0.25, 0.3) is 0 Å². The standard InChI is InChI=1S/C18H24FN5O/c1-11(2)16(20)18(25)21-14-10-12(7-8-13(14)19)17-23-22-15-6-4-3-5-9-24(15)17/h7-8,10-11,16H,3-6,9,20H2,1-2H3,(H,21,25)/t16-/m0/s1. The van der Waals surface area contributed by atoms with Crippen molar-refractivity contribution >= 4 is 11.6 Å². The normalized spacial score (nSPS) is 15.6. The van der Waals surface area contributed by atoms with Gasteiger partial charge >= 0.3 is 0 Å². The molecule has 0 spiro atoms. The summed E-state index contributed by atoms with van der Waals surface area (Å²) in [7, 11) is 0. The third kappa shape index (κ3) is 3.71. The minimum Gasteiger partial charge on any atom is -0.322 e. The fourth-order valence-corrected chi connectivity index (χ4v) is 2.98. The van der Waals surface area contributed by atoms with Crippen LogP contribution in [-0.4, -0.2) is 26.7 Å². The topological polar surface area (TPSA) is 85.8 Å². The van der Waals surface area contributed by atoms with Gasteiger partial charge in [-0.05, 0) is 37.0 Å². The van der Waals surface area contributed by atoms with E-state index in [4.69, 9.17) is 5.73 Å². The van der Waals surface area contributed by atoms with Crippen molar-refractivity contribution in [3.8, 4) is 11.4 Å². The fourth-order valence-electron chi connectivity index (χ4n) is 2.98. The number of halogens is 1. The van der Waals surface area contributed by atoms with E-state index < -0.39 is 17.8 Å². The van der Waals surface area contributed by atoms with Crippen molar-refractivity contribution in [1.29, 1.82) is 0 Å². The number of hydrogen-bond acceptors (Lipinski definition) is 4. The predicted octanol–water partition coefficient (Wildman–Crippen LogP) is 2.73. The van der Waals surface area contributed by atoms with E-state index in [2.05, 4.69) is 20.1 Å². The van der Waals surface area contributed by atoms with Crippen molar-refractivity contribution in [3.05, 3.63) is 29.8 Å². The SMILES string of the molecule is CC(C)[C@H](N)C(=O)Nc1cc(-c2nnc3n2CCCCC3)ccc1F. The third-order valence-electron chi connectivity index (χ3n) is 4.61. The summed E-state index contributed by atoms with van der Waals surface area (Å²) in [5, 5.41) is 11.1. The summed E-state index contributed by atoms with van der Waals surface area (Å²) >= 11 is 0. The van der Waals surface area contributed by atoms with Crippen molar-refractivity contribution in [1.82, 2.24) is 14.8 Å². The smallest absolute Gasteiger partial charge is 0.241 e. The average Bonchev–Trinajstić information content (AvgIpc) is 2.84. The number of nitrogens with two attached hydrogens (primary N) is 1. The lowest BCUT2D eigenvalue weighted by molar-refractivity contribution is -0.118. The number of anilines is 1. The number of nitrogens with one attached hydrogen (secondary N) is 1. The van der Waals surface area contributed by atoms with Gasteiger partial charge in [0.1, 0.15) is 11.6 Å². The van der Waals surface area contributed by atoms with Crippen LogP contribution in [0.15, 0.2) is 18.2 Å². The Labute approximate surface area is 146 Å². The summed E-state index contributed by atoms with van der Waals surface area (Å²) in [6, 6.07) is 3.91. The molecular weight excluding hydrogens is 321 g/mol. The molecular formula is C18H24FN5O. The first-order valence-corrected chi connectivity index (χ1v) is 8.76. The minimum atomic E-state index is -0.688. The van der Waals surface area contributed by atoms with Crippen LogP contribution in [-0.2, 0) is 17.8 Å². The molecule has 0 unspecified atom stereocenters. The summed E-state index contributed by atoms with van der Waals surface area (Å²) in [5.74, 6) is 0.748. The molecule has 0 radical (unpaired) electrons. The van der Waals surface area contributed by atoms with Gasteiger partial charge in [-0.1, -0.05) is 20.3 Å². The lowest BCUT2D eigenvalue weighted by Crippen LogP contribution is -2.39.